The van der Waals surface area contributed by atoms with E-state index in [0.29, 0.717) is 11.2 Å². The molecule has 4 aromatic rings. The van der Waals surface area contributed by atoms with Gasteiger partial charge >= 0.3 is 11.8 Å². The van der Waals surface area contributed by atoms with E-state index in [4.69, 9.17) is 0 Å². The zero-order chi connectivity index (χ0) is 25.1. The van der Waals surface area contributed by atoms with Gasteiger partial charge in [-0.15, -0.1) is 0 Å². The van der Waals surface area contributed by atoms with Crippen LogP contribution in [0, 0.1) is 6.92 Å². The molecule has 0 fully saturated rings. The highest BCUT2D eigenvalue weighted by Crippen LogP contribution is 2.25. The van der Waals surface area contributed by atoms with Crippen molar-refractivity contribution in [3.63, 3.8) is 0 Å². The molecule has 0 saturated carbocycles. The molecule has 1 heterocycles. The molecule has 0 aliphatic carbocycles. The van der Waals surface area contributed by atoms with E-state index in [2.05, 4.69) is 47.9 Å². The number of rotatable bonds is 5. The van der Waals surface area contributed by atoms with Crippen molar-refractivity contribution in [3.05, 3.63) is 98.6 Å². The number of fused-ring (bicyclic) bond motifs is 1. The Labute approximate surface area is 219 Å². The van der Waals surface area contributed by atoms with Gasteiger partial charge in [-0.25, -0.2) is 4.68 Å². The lowest BCUT2D eigenvalue weighted by Gasteiger charge is -2.16. The molecule has 0 aliphatic rings. The summed E-state index contributed by atoms with van der Waals surface area (Å²) in [5, 5.41) is 6.29. The van der Waals surface area contributed by atoms with Gasteiger partial charge in [0.25, 0.3) is 5.91 Å². The van der Waals surface area contributed by atoms with Crippen LogP contribution in [0.3, 0.4) is 0 Å². The van der Waals surface area contributed by atoms with Gasteiger partial charge in [0.1, 0.15) is 5.69 Å². The molecule has 35 heavy (non-hydrogen) atoms. The van der Waals surface area contributed by atoms with Crippen LogP contribution in [0.1, 0.15) is 34.6 Å². The van der Waals surface area contributed by atoms with E-state index in [1.54, 1.807) is 31.2 Å². The minimum atomic E-state index is -0.887. The second-order valence-corrected chi connectivity index (χ2v) is 9.86. The quantitative estimate of drug-likeness (QED) is 0.259. The predicted octanol–water partition coefficient (Wildman–Crippen LogP) is 5.67. The summed E-state index contributed by atoms with van der Waals surface area (Å²) < 4.78 is 3.05. The van der Waals surface area contributed by atoms with Crippen LogP contribution in [0.2, 0.25) is 0 Å². The van der Waals surface area contributed by atoms with Gasteiger partial charge in [-0.05, 0) is 67.4 Å². The number of benzene rings is 3. The standard InChI is InChI=1S/C26H22Br2N4O3/c1-15-12-19(27)8-10-21(15)30-24(33)23-14-18-13-20(28)9-11-22(18)32(23)31-26(35)25(34)29-16(2)17-6-4-3-5-7-17/h3-14,16H,1-2H3,(H,29,34)(H,30,33)(H,31,35)/t16-/m1/s1. The first-order valence-electron chi connectivity index (χ1n) is 10.8. The Hall–Kier alpha value is -3.43. The number of carbonyl (C=O) groups excluding carboxylic acids is 3. The lowest BCUT2D eigenvalue weighted by Crippen LogP contribution is -2.40. The maximum atomic E-state index is 13.2. The van der Waals surface area contributed by atoms with Gasteiger partial charge < -0.3 is 10.6 Å². The number of nitrogens with one attached hydrogen (secondary N) is 3. The van der Waals surface area contributed by atoms with Crippen molar-refractivity contribution >= 4 is 66.2 Å². The van der Waals surface area contributed by atoms with Crippen LogP contribution in [0.15, 0.2) is 81.7 Å². The molecule has 0 bridgehead atoms. The van der Waals surface area contributed by atoms with Crippen molar-refractivity contribution < 1.29 is 14.4 Å². The molecule has 0 spiro atoms. The summed E-state index contributed by atoms with van der Waals surface area (Å²) in [5.41, 5.74) is 5.71. The SMILES string of the molecule is Cc1cc(Br)ccc1NC(=O)c1cc2cc(Br)ccc2n1NC(=O)C(=O)N[C@H](C)c1ccccc1. The Balaban J connectivity index is 1.60. The molecule has 0 radical (unpaired) electrons. The lowest BCUT2D eigenvalue weighted by atomic mass is 10.1. The third kappa shape index (κ3) is 5.63. The summed E-state index contributed by atoms with van der Waals surface area (Å²) in [5.74, 6) is -2.13. The average Bonchev–Trinajstić information content (AvgIpc) is 3.18. The van der Waals surface area contributed by atoms with Crippen molar-refractivity contribution in [1.82, 2.24) is 9.99 Å². The molecular formula is C26H22Br2N4O3. The largest absolute Gasteiger partial charge is 0.341 e. The highest BCUT2D eigenvalue weighted by molar-refractivity contribution is 9.10. The summed E-state index contributed by atoms with van der Waals surface area (Å²) in [4.78, 5) is 38.7. The molecule has 178 valence electrons. The van der Waals surface area contributed by atoms with Crippen molar-refractivity contribution in [2.24, 2.45) is 0 Å². The van der Waals surface area contributed by atoms with E-state index in [-0.39, 0.29) is 11.7 Å². The average molecular weight is 598 g/mol. The second-order valence-electron chi connectivity index (χ2n) is 8.03. The molecule has 3 N–H and O–H groups in total. The van der Waals surface area contributed by atoms with Crippen LogP contribution >= 0.6 is 31.9 Å². The molecule has 0 unspecified atom stereocenters. The summed E-state index contributed by atoms with van der Waals surface area (Å²) in [7, 11) is 0. The maximum Gasteiger partial charge on any atom is 0.328 e. The van der Waals surface area contributed by atoms with Gasteiger partial charge in [0.15, 0.2) is 0 Å². The fraction of sp³-hybridized carbons (Fsp3) is 0.115. The van der Waals surface area contributed by atoms with Crippen LogP contribution in [0.4, 0.5) is 5.69 Å². The Morgan fingerprint density at radius 2 is 1.54 bits per heavy atom. The lowest BCUT2D eigenvalue weighted by molar-refractivity contribution is -0.137. The van der Waals surface area contributed by atoms with Crippen molar-refractivity contribution in [2.45, 2.75) is 19.9 Å². The highest BCUT2D eigenvalue weighted by atomic mass is 79.9. The smallest absolute Gasteiger partial charge is 0.328 e. The molecule has 3 amide bonds. The summed E-state index contributed by atoms with van der Waals surface area (Å²) in [6.07, 6.45) is 0. The molecule has 0 aliphatic heterocycles. The molecule has 7 nitrogen and oxygen atoms in total. The molecule has 9 heteroatoms. The Morgan fingerprint density at radius 3 is 2.26 bits per heavy atom. The third-order valence-electron chi connectivity index (χ3n) is 5.50. The molecule has 1 atom stereocenters. The number of amides is 3. The van der Waals surface area contributed by atoms with Gasteiger partial charge in [-0.1, -0.05) is 62.2 Å². The van der Waals surface area contributed by atoms with E-state index in [0.717, 1.165) is 25.5 Å². The second kappa shape index (κ2) is 10.5. The first kappa shape index (κ1) is 24.7. The minimum absolute atomic E-state index is 0.178. The topological polar surface area (TPSA) is 92.2 Å². The van der Waals surface area contributed by atoms with Gasteiger partial charge in [0.2, 0.25) is 0 Å². The van der Waals surface area contributed by atoms with Crippen LogP contribution in [-0.2, 0) is 9.59 Å². The normalized spacial score (nSPS) is 11.7. The van der Waals surface area contributed by atoms with E-state index in [1.165, 1.54) is 4.68 Å². The van der Waals surface area contributed by atoms with Crippen LogP contribution < -0.4 is 16.1 Å². The molecule has 4 rings (SSSR count). The van der Waals surface area contributed by atoms with Crippen molar-refractivity contribution in [2.75, 3.05) is 10.7 Å². The summed E-state index contributed by atoms with van der Waals surface area (Å²) in [6.45, 7) is 3.68. The van der Waals surface area contributed by atoms with Crippen LogP contribution in [0.25, 0.3) is 10.9 Å². The van der Waals surface area contributed by atoms with Gasteiger partial charge in [0.05, 0.1) is 11.6 Å². The van der Waals surface area contributed by atoms with Gasteiger partial charge in [0, 0.05) is 20.0 Å². The van der Waals surface area contributed by atoms with Gasteiger partial charge in [-0.3, -0.25) is 19.8 Å². The van der Waals surface area contributed by atoms with Crippen molar-refractivity contribution in [1.29, 1.82) is 0 Å². The summed E-state index contributed by atoms with van der Waals surface area (Å²) >= 11 is 6.85. The fourth-order valence-corrected chi connectivity index (χ4v) is 4.52. The number of hydrogen-bond acceptors (Lipinski definition) is 3. The Kier molecular flexibility index (Phi) is 7.37. The zero-order valence-corrected chi connectivity index (χ0v) is 22.1. The van der Waals surface area contributed by atoms with E-state index in [9.17, 15) is 14.4 Å². The minimum Gasteiger partial charge on any atom is -0.341 e. The number of aryl methyl sites for hydroxylation is 1. The predicted molar refractivity (Wildman–Crippen MR) is 144 cm³/mol. The van der Waals surface area contributed by atoms with Gasteiger partial charge in [-0.2, -0.15) is 0 Å². The molecule has 3 aromatic carbocycles. The number of hydrogen-bond donors (Lipinski definition) is 3. The summed E-state index contributed by atoms with van der Waals surface area (Å²) in [6, 6.07) is 21.5. The molecule has 0 saturated heterocycles. The monoisotopic (exact) mass is 596 g/mol. The van der Waals surface area contributed by atoms with E-state index >= 15 is 0 Å². The van der Waals surface area contributed by atoms with E-state index < -0.39 is 17.7 Å². The number of anilines is 1. The van der Waals surface area contributed by atoms with Crippen molar-refractivity contribution in [3.8, 4) is 0 Å². The maximum absolute atomic E-state index is 13.2. The number of halogens is 2. The van der Waals surface area contributed by atoms with Crippen LogP contribution in [-0.4, -0.2) is 22.4 Å². The zero-order valence-electron chi connectivity index (χ0n) is 18.9. The van der Waals surface area contributed by atoms with E-state index in [1.807, 2.05) is 55.5 Å². The Bertz CT molecular complexity index is 1430. The number of aromatic nitrogens is 1. The molecular weight excluding hydrogens is 576 g/mol. The first-order chi connectivity index (χ1) is 16.7. The number of nitrogens with zero attached hydrogens (tertiary/aromatic N) is 1. The number of carbonyl (C=O) groups is 3. The molecule has 1 aromatic heterocycles. The van der Waals surface area contributed by atoms with Crippen LogP contribution in [0.5, 0.6) is 0 Å². The Morgan fingerprint density at radius 1 is 0.857 bits per heavy atom. The fourth-order valence-electron chi connectivity index (χ4n) is 3.67. The highest BCUT2D eigenvalue weighted by Gasteiger charge is 2.22. The first-order valence-corrected chi connectivity index (χ1v) is 12.4. The third-order valence-corrected chi connectivity index (χ3v) is 6.49.